The van der Waals surface area contributed by atoms with Crippen molar-refractivity contribution in [3.8, 4) is 11.5 Å². The topological polar surface area (TPSA) is 81.8 Å². The largest absolute Gasteiger partial charge is 0.493 e. The Morgan fingerprint density at radius 3 is 2.65 bits per heavy atom. The van der Waals surface area contributed by atoms with E-state index in [-0.39, 0.29) is 12.2 Å². The Morgan fingerprint density at radius 2 is 2.10 bits per heavy atom. The number of carboxylic acid groups (broad SMARTS) is 1. The van der Waals surface area contributed by atoms with Crippen LogP contribution in [-0.2, 0) is 6.61 Å². The summed E-state index contributed by atoms with van der Waals surface area (Å²) in [5.74, 6) is 0.925. The van der Waals surface area contributed by atoms with Gasteiger partial charge in [0.05, 0.1) is 18.4 Å². The van der Waals surface area contributed by atoms with Gasteiger partial charge >= 0.3 is 5.97 Å². The van der Waals surface area contributed by atoms with Crippen molar-refractivity contribution in [2.24, 2.45) is 0 Å². The fraction of sp³-hybridized carbons (Fsp3) is 0.286. The summed E-state index contributed by atoms with van der Waals surface area (Å²) in [7, 11) is 1.49. The van der Waals surface area contributed by atoms with Crippen molar-refractivity contribution in [3.05, 3.63) is 41.1 Å². The second kappa shape index (κ2) is 5.64. The van der Waals surface area contributed by atoms with Crippen LogP contribution in [0.2, 0.25) is 0 Å². The van der Waals surface area contributed by atoms with Gasteiger partial charge in [0.1, 0.15) is 5.76 Å². The highest BCUT2D eigenvalue weighted by molar-refractivity contribution is 5.88. The van der Waals surface area contributed by atoms with E-state index in [0.29, 0.717) is 17.4 Å². The van der Waals surface area contributed by atoms with Gasteiger partial charge in [-0.25, -0.2) is 9.78 Å². The van der Waals surface area contributed by atoms with Crippen LogP contribution in [0.5, 0.6) is 11.5 Å². The first-order chi connectivity index (χ1) is 9.51. The molecule has 1 aromatic heterocycles. The van der Waals surface area contributed by atoms with Crippen molar-refractivity contribution in [1.82, 2.24) is 4.98 Å². The predicted molar refractivity (Wildman–Crippen MR) is 70.3 cm³/mol. The highest BCUT2D eigenvalue weighted by Gasteiger charge is 2.12. The third kappa shape index (κ3) is 2.90. The number of nitrogens with zero attached hydrogens (tertiary/aromatic N) is 1. The molecule has 0 spiro atoms. The lowest BCUT2D eigenvalue weighted by Gasteiger charge is -2.09. The number of aromatic nitrogens is 1. The SMILES string of the molecule is COc1ccc(C(=O)O)cc1OCc1nc(C)c(C)o1. The molecule has 106 valence electrons. The Morgan fingerprint density at radius 1 is 1.35 bits per heavy atom. The van der Waals surface area contributed by atoms with Crippen LogP contribution in [0.25, 0.3) is 0 Å². The number of ether oxygens (including phenoxy) is 2. The fourth-order valence-electron chi connectivity index (χ4n) is 1.66. The molecule has 0 atom stereocenters. The molecule has 20 heavy (non-hydrogen) atoms. The normalized spacial score (nSPS) is 10.3. The van der Waals surface area contributed by atoms with Gasteiger partial charge in [-0.2, -0.15) is 0 Å². The van der Waals surface area contributed by atoms with E-state index in [1.807, 2.05) is 13.8 Å². The molecule has 0 saturated carbocycles. The summed E-state index contributed by atoms with van der Waals surface area (Å²) in [5.41, 5.74) is 0.926. The number of aromatic carboxylic acids is 1. The lowest BCUT2D eigenvalue weighted by atomic mass is 10.2. The summed E-state index contributed by atoms with van der Waals surface area (Å²) < 4.78 is 16.1. The molecule has 0 aliphatic rings. The van der Waals surface area contributed by atoms with Gasteiger partial charge in [-0.15, -0.1) is 0 Å². The van der Waals surface area contributed by atoms with Crippen LogP contribution in [0, 0.1) is 13.8 Å². The van der Waals surface area contributed by atoms with Gasteiger partial charge in [0.2, 0.25) is 5.89 Å². The van der Waals surface area contributed by atoms with Crippen molar-refractivity contribution in [3.63, 3.8) is 0 Å². The van der Waals surface area contributed by atoms with E-state index in [2.05, 4.69) is 4.98 Å². The third-order valence-corrected chi connectivity index (χ3v) is 2.83. The molecule has 1 heterocycles. The third-order valence-electron chi connectivity index (χ3n) is 2.83. The minimum atomic E-state index is -1.03. The van der Waals surface area contributed by atoms with Crippen molar-refractivity contribution >= 4 is 5.97 Å². The molecule has 0 aliphatic heterocycles. The van der Waals surface area contributed by atoms with Gasteiger partial charge in [-0.3, -0.25) is 0 Å². The van der Waals surface area contributed by atoms with Crippen LogP contribution in [0.4, 0.5) is 0 Å². The first-order valence-corrected chi connectivity index (χ1v) is 5.98. The van der Waals surface area contributed by atoms with E-state index >= 15 is 0 Å². The van der Waals surface area contributed by atoms with Gasteiger partial charge in [-0.05, 0) is 32.0 Å². The Balaban J connectivity index is 2.18. The molecule has 6 heteroatoms. The zero-order chi connectivity index (χ0) is 14.7. The first-order valence-electron chi connectivity index (χ1n) is 5.98. The molecule has 2 rings (SSSR count). The minimum absolute atomic E-state index is 0.105. The molecule has 0 bridgehead atoms. The number of benzene rings is 1. The monoisotopic (exact) mass is 277 g/mol. The quantitative estimate of drug-likeness (QED) is 0.904. The molecule has 1 aromatic carbocycles. The van der Waals surface area contributed by atoms with Crippen LogP contribution in [0.1, 0.15) is 27.7 Å². The average Bonchev–Trinajstić information content (AvgIpc) is 2.75. The van der Waals surface area contributed by atoms with Gasteiger partial charge in [-0.1, -0.05) is 0 Å². The number of carboxylic acids is 1. The van der Waals surface area contributed by atoms with Gasteiger partial charge in [0.25, 0.3) is 0 Å². The first kappa shape index (κ1) is 13.9. The molecule has 0 unspecified atom stereocenters. The molecule has 0 aliphatic carbocycles. The lowest BCUT2D eigenvalue weighted by Crippen LogP contribution is -2.01. The summed E-state index contributed by atoms with van der Waals surface area (Å²) in [4.78, 5) is 15.1. The Kier molecular flexibility index (Phi) is 3.93. The van der Waals surface area contributed by atoms with Crippen molar-refractivity contribution in [2.75, 3.05) is 7.11 Å². The van der Waals surface area contributed by atoms with Gasteiger partial charge in [0, 0.05) is 0 Å². The zero-order valence-electron chi connectivity index (χ0n) is 11.5. The van der Waals surface area contributed by atoms with E-state index in [1.165, 1.54) is 19.2 Å². The van der Waals surface area contributed by atoms with E-state index in [1.54, 1.807) is 6.07 Å². The van der Waals surface area contributed by atoms with Crippen LogP contribution < -0.4 is 9.47 Å². The maximum absolute atomic E-state index is 10.9. The predicted octanol–water partition coefficient (Wildman–Crippen LogP) is 2.58. The second-order valence-electron chi connectivity index (χ2n) is 4.21. The summed E-state index contributed by atoms with van der Waals surface area (Å²) in [5, 5.41) is 8.97. The highest BCUT2D eigenvalue weighted by atomic mass is 16.5. The smallest absolute Gasteiger partial charge is 0.335 e. The lowest BCUT2D eigenvalue weighted by molar-refractivity contribution is 0.0696. The number of carbonyl (C=O) groups is 1. The van der Waals surface area contributed by atoms with Crippen LogP contribution in [-0.4, -0.2) is 23.2 Å². The van der Waals surface area contributed by atoms with Crippen molar-refractivity contribution in [1.29, 1.82) is 0 Å². The maximum Gasteiger partial charge on any atom is 0.335 e. The number of oxazole rings is 1. The zero-order valence-corrected chi connectivity index (χ0v) is 11.5. The van der Waals surface area contributed by atoms with E-state index in [4.69, 9.17) is 19.0 Å². The molecular formula is C14H15NO5. The minimum Gasteiger partial charge on any atom is -0.493 e. The van der Waals surface area contributed by atoms with Crippen molar-refractivity contribution < 1.29 is 23.8 Å². The van der Waals surface area contributed by atoms with E-state index in [0.717, 1.165) is 11.5 Å². The fourth-order valence-corrected chi connectivity index (χ4v) is 1.66. The Bertz CT molecular complexity index is 613. The number of hydrogen-bond donors (Lipinski definition) is 1. The molecule has 0 fully saturated rings. The standard InChI is InChI=1S/C14H15NO5/c1-8-9(2)20-13(15-8)7-19-12-6-10(14(16)17)4-5-11(12)18-3/h4-6H,7H2,1-3H3,(H,16,17). The summed E-state index contributed by atoms with van der Waals surface area (Å²) >= 11 is 0. The molecule has 2 aromatic rings. The van der Waals surface area contributed by atoms with E-state index in [9.17, 15) is 4.79 Å². The van der Waals surface area contributed by atoms with Crippen molar-refractivity contribution in [2.45, 2.75) is 20.5 Å². The molecule has 1 N–H and O–H groups in total. The molecule has 0 saturated heterocycles. The Labute approximate surface area is 116 Å². The summed E-state index contributed by atoms with van der Waals surface area (Å²) in [6, 6.07) is 4.40. The Hall–Kier alpha value is -2.50. The molecule has 0 amide bonds. The van der Waals surface area contributed by atoms with Crippen LogP contribution in [0.15, 0.2) is 22.6 Å². The van der Waals surface area contributed by atoms with Crippen LogP contribution >= 0.6 is 0 Å². The van der Waals surface area contributed by atoms with Crippen LogP contribution in [0.3, 0.4) is 0 Å². The van der Waals surface area contributed by atoms with Gasteiger partial charge < -0.3 is 19.0 Å². The highest BCUT2D eigenvalue weighted by Crippen LogP contribution is 2.29. The average molecular weight is 277 g/mol. The maximum atomic E-state index is 10.9. The summed E-state index contributed by atoms with van der Waals surface area (Å²) in [6.07, 6.45) is 0. The number of rotatable bonds is 5. The number of aryl methyl sites for hydroxylation is 2. The molecular weight excluding hydrogens is 262 g/mol. The number of methoxy groups -OCH3 is 1. The number of hydrogen-bond acceptors (Lipinski definition) is 5. The van der Waals surface area contributed by atoms with E-state index < -0.39 is 5.97 Å². The summed E-state index contributed by atoms with van der Waals surface area (Å²) in [6.45, 7) is 3.76. The molecule has 0 radical (unpaired) electrons. The molecule has 6 nitrogen and oxygen atoms in total. The second-order valence-corrected chi connectivity index (χ2v) is 4.21. The van der Waals surface area contributed by atoms with Gasteiger partial charge in [0.15, 0.2) is 18.1 Å².